The molecule has 0 atom stereocenters. The lowest BCUT2D eigenvalue weighted by molar-refractivity contribution is 0.624. The highest BCUT2D eigenvalue weighted by molar-refractivity contribution is 5.38. The first kappa shape index (κ1) is 10.7. The fourth-order valence-corrected chi connectivity index (χ4v) is 1.08. The van der Waals surface area contributed by atoms with Gasteiger partial charge in [0.25, 0.3) is 0 Å². The normalized spacial score (nSPS) is 9.36. The second-order valence-corrected chi connectivity index (χ2v) is 3.14. The van der Waals surface area contributed by atoms with Crippen LogP contribution in [0.1, 0.15) is 17.5 Å². The van der Waals surface area contributed by atoms with Gasteiger partial charge >= 0.3 is 0 Å². The first-order valence-corrected chi connectivity index (χ1v) is 4.63. The molecule has 1 aromatic carbocycles. The minimum absolute atomic E-state index is 0.243. The largest absolute Gasteiger partial charge is 0.319 e. The van der Waals surface area contributed by atoms with Crippen molar-refractivity contribution in [2.24, 2.45) is 0 Å². The molecule has 2 heteroatoms. The Kier molecular flexibility index (Phi) is 4.15. The molecule has 14 heavy (non-hydrogen) atoms. The maximum atomic E-state index is 13.2. The third-order valence-corrected chi connectivity index (χ3v) is 1.84. The summed E-state index contributed by atoms with van der Waals surface area (Å²) in [4.78, 5) is 0. The predicted octanol–water partition coefficient (Wildman–Crippen LogP) is 2.10. The first-order chi connectivity index (χ1) is 6.74. The Balaban J connectivity index is 2.73. The molecule has 0 saturated carbocycles. The molecule has 0 unspecified atom stereocenters. The lowest BCUT2D eigenvalue weighted by Gasteiger charge is -1.95. The first-order valence-electron chi connectivity index (χ1n) is 4.63. The number of halogens is 1. The van der Waals surface area contributed by atoms with Crippen molar-refractivity contribution < 1.29 is 4.39 Å². The Hall–Kier alpha value is -1.33. The van der Waals surface area contributed by atoms with E-state index in [2.05, 4.69) is 17.2 Å². The van der Waals surface area contributed by atoms with Crippen molar-refractivity contribution in [1.82, 2.24) is 5.32 Å². The highest BCUT2D eigenvalue weighted by atomic mass is 19.1. The smallest absolute Gasteiger partial charge is 0.138 e. The number of rotatable bonds is 2. The second kappa shape index (κ2) is 5.41. The van der Waals surface area contributed by atoms with Gasteiger partial charge in [0.2, 0.25) is 0 Å². The average molecular weight is 191 g/mol. The Bertz CT molecular complexity index is 360. The molecule has 0 spiro atoms. The van der Waals surface area contributed by atoms with Crippen molar-refractivity contribution >= 4 is 0 Å². The molecule has 0 saturated heterocycles. The van der Waals surface area contributed by atoms with Crippen LogP contribution in [0.15, 0.2) is 18.2 Å². The van der Waals surface area contributed by atoms with Crippen LogP contribution in [0, 0.1) is 24.6 Å². The van der Waals surface area contributed by atoms with Gasteiger partial charge in [-0.05, 0) is 31.7 Å². The number of nitrogens with one attached hydrogen (secondary N) is 1. The van der Waals surface area contributed by atoms with Crippen molar-refractivity contribution in [3.05, 3.63) is 35.1 Å². The molecule has 0 aromatic heterocycles. The molecular formula is C12H14FN. The van der Waals surface area contributed by atoms with Gasteiger partial charge in [0, 0.05) is 13.0 Å². The Morgan fingerprint density at radius 2 is 2.21 bits per heavy atom. The molecule has 0 amide bonds. The van der Waals surface area contributed by atoms with E-state index in [0.717, 1.165) is 18.5 Å². The van der Waals surface area contributed by atoms with E-state index in [0.29, 0.717) is 5.56 Å². The Morgan fingerprint density at radius 1 is 1.43 bits per heavy atom. The van der Waals surface area contributed by atoms with Gasteiger partial charge in [0.15, 0.2) is 0 Å². The third kappa shape index (κ3) is 3.20. The van der Waals surface area contributed by atoms with E-state index in [4.69, 9.17) is 0 Å². The van der Waals surface area contributed by atoms with Crippen LogP contribution < -0.4 is 5.32 Å². The van der Waals surface area contributed by atoms with E-state index in [9.17, 15) is 4.39 Å². The third-order valence-electron chi connectivity index (χ3n) is 1.84. The molecule has 0 heterocycles. The van der Waals surface area contributed by atoms with Crippen molar-refractivity contribution in [1.29, 1.82) is 0 Å². The number of benzene rings is 1. The molecular weight excluding hydrogens is 177 g/mol. The summed E-state index contributed by atoms with van der Waals surface area (Å²) in [7, 11) is 1.87. The van der Waals surface area contributed by atoms with Crippen LogP contribution in [0.4, 0.5) is 4.39 Å². The van der Waals surface area contributed by atoms with Crippen LogP contribution in [-0.4, -0.2) is 13.6 Å². The summed E-state index contributed by atoms with van der Waals surface area (Å²) in [5.41, 5.74) is 1.52. The molecule has 74 valence electrons. The van der Waals surface area contributed by atoms with E-state index in [1.807, 2.05) is 14.0 Å². The zero-order valence-corrected chi connectivity index (χ0v) is 8.52. The van der Waals surface area contributed by atoms with Gasteiger partial charge < -0.3 is 5.32 Å². The van der Waals surface area contributed by atoms with Gasteiger partial charge in [-0.25, -0.2) is 4.39 Å². The van der Waals surface area contributed by atoms with Gasteiger partial charge in [0.05, 0.1) is 5.56 Å². The topological polar surface area (TPSA) is 12.0 Å². The van der Waals surface area contributed by atoms with E-state index in [1.165, 1.54) is 6.07 Å². The summed E-state index contributed by atoms with van der Waals surface area (Å²) in [5.74, 6) is 5.50. The summed E-state index contributed by atoms with van der Waals surface area (Å²) < 4.78 is 13.2. The Labute approximate surface area is 84.3 Å². The SMILES string of the molecule is CNCCC#Cc1cc(C)ccc1F. The summed E-state index contributed by atoms with van der Waals surface area (Å²) in [6.07, 6.45) is 0.740. The zero-order chi connectivity index (χ0) is 10.4. The van der Waals surface area contributed by atoms with E-state index in [-0.39, 0.29) is 5.82 Å². The summed E-state index contributed by atoms with van der Waals surface area (Å²) in [5, 5.41) is 2.98. The highest BCUT2D eigenvalue weighted by Crippen LogP contribution is 2.08. The molecule has 0 aliphatic rings. The van der Waals surface area contributed by atoms with E-state index < -0.39 is 0 Å². The molecule has 1 N–H and O–H groups in total. The van der Waals surface area contributed by atoms with Crippen LogP contribution in [0.5, 0.6) is 0 Å². The molecule has 1 rings (SSSR count). The minimum Gasteiger partial charge on any atom is -0.319 e. The van der Waals surface area contributed by atoms with Crippen molar-refractivity contribution in [3.8, 4) is 11.8 Å². The average Bonchev–Trinajstić information content (AvgIpc) is 2.18. The number of hydrogen-bond donors (Lipinski definition) is 1. The lowest BCUT2D eigenvalue weighted by atomic mass is 10.1. The monoisotopic (exact) mass is 191 g/mol. The van der Waals surface area contributed by atoms with Crippen LogP contribution in [0.3, 0.4) is 0 Å². The van der Waals surface area contributed by atoms with Gasteiger partial charge in [-0.2, -0.15) is 0 Å². The molecule has 0 fully saturated rings. The number of hydrogen-bond acceptors (Lipinski definition) is 1. The quantitative estimate of drug-likeness (QED) is 0.557. The van der Waals surface area contributed by atoms with Gasteiger partial charge in [-0.15, -0.1) is 0 Å². The molecule has 0 radical (unpaired) electrons. The van der Waals surface area contributed by atoms with E-state index >= 15 is 0 Å². The molecule has 0 aliphatic heterocycles. The van der Waals surface area contributed by atoms with E-state index in [1.54, 1.807) is 12.1 Å². The van der Waals surface area contributed by atoms with Crippen LogP contribution in [0.2, 0.25) is 0 Å². The van der Waals surface area contributed by atoms with Gasteiger partial charge in [-0.1, -0.05) is 17.9 Å². The minimum atomic E-state index is -0.243. The summed E-state index contributed by atoms with van der Waals surface area (Å²) >= 11 is 0. The lowest BCUT2D eigenvalue weighted by Crippen LogP contribution is -2.05. The molecule has 1 nitrogen and oxygen atoms in total. The standard InChI is InChI=1S/C12H14FN/c1-10-6-7-12(13)11(9-10)5-3-4-8-14-2/h6-7,9,14H,4,8H2,1-2H3. The molecule has 0 bridgehead atoms. The van der Waals surface area contributed by atoms with Crippen LogP contribution in [0.25, 0.3) is 0 Å². The zero-order valence-electron chi connectivity index (χ0n) is 8.52. The van der Waals surface area contributed by atoms with Crippen molar-refractivity contribution in [2.75, 3.05) is 13.6 Å². The maximum Gasteiger partial charge on any atom is 0.138 e. The fraction of sp³-hybridized carbons (Fsp3) is 0.333. The Morgan fingerprint density at radius 3 is 2.93 bits per heavy atom. The van der Waals surface area contributed by atoms with Crippen molar-refractivity contribution in [3.63, 3.8) is 0 Å². The van der Waals surface area contributed by atoms with Crippen LogP contribution in [-0.2, 0) is 0 Å². The molecule has 1 aromatic rings. The van der Waals surface area contributed by atoms with Gasteiger partial charge in [-0.3, -0.25) is 0 Å². The van der Waals surface area contributed by atoms with Crippen molar-refractivity contribution in [2.45, 2.75) is 13.3 Å². The predicted molar refractivity (Wildman–Crippen MR) is 56.6 cm³/mol. The van der Waals surface area contributed by atoms with Crippen LogP contribution >= 0.6 is 0 Å². The van der Waals surface area contributed by atoms with Gasteiger partial charge in [0.1, 0.15) is 5.82 Å². The summed E-state index contributed by atoms with van der Waals surface area (Å²) in [6, 6.07) is 4.97. The fourth-order valence-electron chi connectivity index (χ4n) is 1.08. The molecule has 0 aliphatic carbocycles. The number of aryl methyl sites for hydroxylation is 1. The second-order valence-electron chi connectivity index (χ2n) is 3.14. The highest BCUT2D eigenvalue weighted by Gasteiger charge is 1.97. The summed E-state index contributed by atoms with van der Waals surface area (Å²) in [6.45, 7) is 2.76. The maximum absolute atomic E-state index is 13.2.